The van der Waals surface area contributed by atoms with Crippen molar-refractivity contribution in [3.63, 3.8) is 0 Å². The molecule has 0 saturated heterocycles. The average molecular weight is 866 g/mol. The summed E-state index contributed by atoms with van der Waals surface area (Å²) in [6.45, 7) is 6.30. The number of hydrogen-bond acceptors (Lipinski definition) is 5. The molecule has 3 unspecified atom stereocenters. The predicted molar refractivity (Wildman–Crippen MR) is 268 cm³/mol. The first kappa shape index (κ1) is 59.3. The molecule has 1 amide bonds. The minimum Gasteiger partial charge on any atom is -0.461 e. The fourth-order valence-corrected chi connectivity index (χ4v) is 7.68. The highest BCUT2D eigenvalue weighted by molar-refractivity contribution is 5.77. The summed E-state index contributed by atoms with van der Waals surface area (Å²) >= 11 is 0. The van der Waals surface area contributed by atoms with E-state index in [1.54, 1.807) is 0 Å². The molecule has 6 nitrogen and oxygen atoms in total. The Hall–Kier alpha value is -2.70. The zero-order chi connectivity index (χ0) is 45.2. The number of carbonyl (C=O) groups excluding carboxylic acids is 2. The van der Waals surface area contributed by atoms with Gasteiger partial charge >= 0.3 is 5.97 Å². The second-order valence-electron chi connectivity index (χ2n) is 17.7. The lowest BCUT2D eigenvalue weighted by Gasteiger charge is -2.24. The molecule has 0 aliphatic carbocycles. The minimum atomic E-state index is -0.821. The van der Waals surface area contributed by atoms with Gasteiger partial charge in [0, 0.05) is 12.8 Å². The first-order valence-electron chi connectivity index (χ1n) is 26.2. The molecule has 0 saturated carbocycles. The lowest BCUT2D eigenvalue weighted by Crippen LogP contribution is -2.46. The molecule has 62 heavy (non-hydrogen) atoms. The van der Waals surface area contributed by atoms with Crippen LogP contribution in [0.4, 0.5) is 0 Å². The molecule has 0 radical (unpaired) electrons. The van der Waals surface area contributed by atoms with Crippen molar-refractivity contribution in [2.24, 2.45) is 0 Å². The highest BCUT2D eigenvalue weighted by Gasteiger charge is 2.23. The highest BCUT2D eigenvalue weighted by atomic mass is 16.5. The normalized spacial score (nSPS) is 13.8. The molecular weight excluding hydrogens is 767 g/mol. The van der Waals surface area contributed by atoms with Gasteiger partial charge in [0.05, 0.1) is 25.2 Å². The summed E-state index contributed by atoms with van der Waals surface area (Å²) in [5.41, 5.74) is 0. The Morgan fingerprint density at radius 1 is 0.500 bits per heavy atom. The number of rotatable bonds is 46. The van der Waals surface area contributed by atoms with E-state index in [1.807, 2.05) is 54.7 Å². The fourth-order valence-electron chi connectivity index (χ4n) is 7.68. The third kappa shape index (κ3) is 43.9. The SMILES string of the molecule is CC/C=C/C=C/C=C\C=C/C=C/CC(CC(=O)NC(CO)C(O)CCCCCCCCCCCCCCCCCC)OC(=O)CCCCCCC/C=C/CCCCCCCCC. The van der Waals surface area contributed by atoms with E-state index in [0.717, 1.165) is 57.8 Å². The second kappa shape index (κ2) is 49.3. The maximum absolute atomic E-state index is 13.2. The summed E-state index contributed by atoms with van der Waals surface area (Å²) in [5.74, 6) is -0.616. The van der Waals surface area contributed by atoms with Gasteiger partial charge < -0.3 is 20.3 Å². The zero-order valence-electron chi connectivity index (χ0n) is 40.7. The van der Waals surface area contributed by atoms with E-state index in [9.17, 15) is 19.8 Å². The number of allylic oxidation sites excluding steroid dienone is 11. The van der Waals surface area contributed by atoms with E-state index in [1.165, 1.54) is 141 Å². The van der Waals surface area contributed by atoms with Crippen molar-refractivity contribution in [3.8, 4) is 0 Å². The standard InChI is InChI=1S/C56H99NO5/c1-4-7-10-13-16-19-22-24-26-28-30-33-36-39-42-45-48-54(59)53(51-58)57-55(60)50-52(47-44-41-38-35-32-21-18-15-12-9-6-3)62-56(61)49-46-43-40-37-34-31-29-27-25-23-20-17-14-11-8-5-2/h9,12,15,18,21,27,29,32,35,38,41,44,52-54,58-59H,4-8,10-11,13-14,16-17,19-20,22-26,28,30-31,33-34,36-37,39-40,42-43,45-51H2,1-3H3,(H,57,60)/b12-9+,18-15+,29-27+,32-21-,38-35-,44-41+. The van der Waals surface area contributed by atoms with Crippen LogP contribution in [0.1, 0.15) is 245 Å². The Bertz CT molecular complexity index is 1150. The Kier molecular flexibility index (Phi) is 47.2. The summed E-state index contributed by atoms with van der Waals surface area (Å²) in [5, 5.41) is 23.7. The predicted octanol–water partition coefficient (Wildman–Crippen LogP) is 15.8. The van der Waals surface area contributed by atoms with Crippen molar-refractivity contribution in [1.82, 2.24) is 5.32 Å². The molecule has 0 aromatic carbocycles. The maximum atomic E-state index is 13.2. The Labute approximate surface area is 383 Å². The maximum Gasteiger partial charge on any atom is 0.306 e. The number of amides is 1. The molecule has 0 aliphatic heterocycles. The van der Waals surface area contributed by atoms with Gasteiger partial charge in [-0.15, -0.1) is 0 Å². The number of nitrogens with one attached hydrogen (secondary N) is 1. The largest absolute Gasteiger partial charge is 0.461 e. The fraction of sp³-hybridized carbons (Fsp3) is 0.750. The highest BCUT2D eigenvalue weighted by Crippen LogP contribution is 2.17. The molecule has 358 valence electrons. The van der Waals surface area contributed by atoms with Crippen LogP contribution in [0.3, 0.4) is 0 Å². The number of unbranched alkanes of at least 4 members (excludes halogenated alkanes) is 27. The summed E-state index contributed by atoms with van der Waals surface area (Å²) in [4.78, 5) is 26.1. The first-order chi connectivity index (χ1) is 30.5. The van der Waals surface area contributed by atoms with E-state index in [2.05, 4.69) is 44.3 Å². The molecule has 0 bridgehead atoms. The van der Waals surface area contributed by atoms with Gasteiger partial charge in [0.25, 0.3) is 0 Å². The lowest BCUT2D eigenvalue weighted by molar-refractivity contribution is -0.150. The third-order valence-corrected chi connectivity index (χ3v) is 11.6. The molecule has 0 aromatic heterocycles. The van der Waals surface area contributed by atoms with Crippen LogP contribution < -0.4 is 5.32 Å². The summed E-state index contributed by atoms with van der Waals surface area (Å²) < 4.78 is 5.84. The number of esters is 1. The number of aliphatic hydroxyl groups is 2. The zero-order valence-corrected chi connectivity index (χ0v) is 40.7. The van der Waals surface area contributed by atoms with E-state index in [-0.39, 0.29) is 24.9 Å². The Balaban J connectivity index is 4.60. The van der Waals surface area contributed by atoms with Crippen molar-refractivity contribution < 1.29 is 24.5 Å². The lowest BCUT2D eigenvalue weighted by atomic mass is 10.0. The van der Waals surface area contributed by atoms with Crippen LogP contribution in [0, 0.1) is 0 Å². The topological polar surface area (TPSA) is 95.9 Å². The Morgan fingerprint density at radius 3 is 1.35 bits per heavy atom. The van der Waals surface area contributed by atoms with Crippen LogP contribution in [-0.2, 0) is 14.3 Å². The van der Waals surface area contributed by atoms with Gasteiger partial charge in [-0.25, -0.2) is 0 Å². The van der Waals surface area contributed by atoms with Crippen LogP contribution in [0.25, 0.3) is 0 Å². The van der Waals surface area contributed by atoms with E-state index in [0.29, 0.717) is 19.3 Å². The van der Waals surface area contributed by atoms with Crippen molar-refractivity contribution in [3.05, 3.63) is 72.9 Å². The molecule has 3 N–H and O–H groups in total. The minimum absolute atomic E-state index is 0.0233. The molecular formula is C56H99NO5. The molecule has 0 aliphatic rings. The van der Waals surface area contributed by atoms with E-state index < -0.39 is 18.2 Å². The van der Waals surface area contributed by atoms with Crippen LogP contribution in [0.15, 0.2) is 72.9 Å². The summed E-state index contributed by atoms with van der Waals surface area (Å²) in [7, 11) is 0. The van der Waals surface area contributed by atoms with Crippen molar-refractivity contribution in [2.75, 3.05) is 6.61 Å². The molecule has 6 heteroatoms. The molecule has 0 aromatic rings. The summed E-state index contributed by atoms with van der Waals surface area (Å²) in [6.07, 6.45) is 62.8. The van der Waals surface area contributed by atoms with Gasteiger partial charge in [-0.2, -0.15) is 0 Å². The second-order valence-corrected chi connectivity index (χ2v) is 17.7. The molecule has 0 fully saturated rings. The van der Waals surface area contributed by atoms with Gasteiger partial charge in [0.2, 0.25) is 5.91 Å². The monoisotopic (exact) mass is 866 g/mol. The Morgan fingerprint density at radius 2 is 0.903 bits per heavy atom. The summed E-state index contributed by atoms with van der Waals surface area (Å²) in [6, 6.07) is -0.743. The third-order valence-electron chi connectivity index (χ3n) is 11.6. The quantitative estimate of drug-likeness (QED) is 0.0245. The first-order valence-corrected chi connectivity index (χ1v) is 26.2. The van der Waals surface area contributed by atoms with Crippen LogP contribution in [0.5, 0.6) is 0 Å². The van der Waals surface area contributed by atoms with Gasteiger partial charge in [-0.3, -0.25) is 9.59 Å². The van der Waals surface area contributed by atoms with Gasteiger partial charge in [-0.05, 0) is 44.9 Å². The van der Waals surface area contributed by atoms with Crippen LogP contribution in [0.2, 0.25) is 0 Å². The van der Waals surface area contributed by atoms with Crippen LogP contribution in [-0.4, -0.2) is 46.9 Å². The van der Waals surface area contributed by atoms with E-state index in [4.69, 9.17) is 4.74 Å². The average Bonchev–Trinajstić information content (AvgIpc) is 3.26. The molecule has 0 heterocycles. The van der Waals surface area contributed by atoms with Crippen molar-refractivity contribution >= 4 is 11.9 Å². The van der Waals surface area contributed by atoms with Gasteiger partial charge in [-0.1, -0.05) is 254 Å². The molecule has 3 atom stereocenters. The van der Waals surface area contributed by atoms with Crippen molar-refractivity contribution in [1.29, 1.82) is 0 Å². The molecule has 0 rings (SSSR count). The van der Waals surface area contributed by atoms with Gasteiger partial charge in [0.1, 0.15) is 6.10 Å². The molecule has 0 spiro atoms. The number of ether oxygens (including phenoxy) is 1. The van der Waals surface area contributed by atoms with E-state index >= 15 is 0 Å². The van der Waals surface area contributed by atoms with Gasteiger partial charge in [0.15, 0.2) is 0 Å². The smallest absolute Gasteiger partial charge is 0.306 e. The number of carbonyl (C=O) groups is 2. The number of hydrogen-bond donors (Lipinski definition) is 3. The van der Waals surface area contributed by atoms with Crippen molar-refractivity contribution in [2.45, 2.75) is 264 Å². The van der Waals surface area contributed by atoms with Crippen LogP contribution >= 0.6 is 0 Å². The number of aliphatic hydroxyl groups excluding tert-OH is 2.